The third-order valence-corrected chi connectivity index (χ3v) is 10.4. The minimum absolute atomic E-state index is 0.445. The van der Waals surface area contributed by atoms with Crippen LogP contribution in [0.25, 0.3) is 0 Å². The fourth-order valence-corrected chi connectivity index (χ4v) is 13.6. The van der Waals surface area contributed by atoms with Crippen LogP contribution < -0.4 is 0 Å². The Balaban J connectivity index is 4.94. The van der Waals surface area contributed by atoms with Gasteiger partial charge in [-0.25, -0.2) is 0 Å². The molecular formula is C8H24BClN2Si2. The van der Waals surface area contributed by atoms with E-state index >= 15 is 0 Å². The first kappa shape index (κ1) is 14.7. The molecule has 6 heteroatoms. The van der Waals surface area contributed by atoms with Crippen LogP contribution >= 0.6 is 11.1 Å². The first-order valence-corrected chi connectivity index (χ1v) is 12.5. The summed E-state index contributed by atoms with van der Waals surface area (Å²) in [6.07, 6.45) is 0. The Hall–Kier alpha value is 0.709. The van der Waals surface area contributed by atoms with Gasteiger partial charge in [-0.05, 0) is 27.2 Å². The number of nitrogens with zero attached hydrogens (tertiary/aromatic N) is 2. The summed E-state index contributed by atoms with van der Waals surface area (Å²) in [7, 11) is 1.19. The van der Waals surface area contributed by atoms with E-state index in [4.69, 9.17) is 11.1 Å². The van der Waals surface area contributed by atoms with Gasteiger partial charge in [0.15, 0.2) is 0 Å². The molecule has 0 aromatic rings. The second kappa shape index (κ2) is 4.70. The first-order chi connectivity index (χ1) is 5.98. The Bertz CT molecular complexity index is 175. The molecule has 0 spiro atoms. The van der Waals surface area contributed by atoms with Gasteiger partial charge in [0, 0.05) is 0 Å². The molecule has 14 heavy (non-hydrogen) atoms. The van der Waals surface area contributed by atoms with Gasteiger partial charge >= 0.3 is 0 Å². The molecule has 0 heterocycles. The second-order valence-corrected chi connectivity index (χ2v) is 16.9. The van der Waals surface area contributed by atoms with Gasteiger partial charge in [0.2, 0.25) is 7.55 Å². The summed E-state index contributed by atoms with van der Waals surface area (Å²) in [5.74, 6) is 0. The van der Waals surface area contributed by atoms with Gasteiger partial charge in [0.05, 0.1) is 0 Å². The molecule has 0 aliphatic heterocycles. The Kier molecular flexibility index (Phi) is 4.94. The van der Waals surface area contributed by atoms with Crippen molar-refractivity contribution in [3.8, 4) is 0 Å². The monoisotopic (exact) mass is 250 g/mol. The van der Waals surface area contributed by atoms with Gasteiger partial charge in [0.1, 0.15) is 8.24 Å². The van der Waals surface area contributed by atoms with Crippen molar-refractivity contribution in [3.63, 3.8) is 0 Å². The Morgan fingerprint density at radius 2 is 1.36 bits per heavy atom. The van der Waals surface area contributed by atoms with Crippen LogP contribution in [-0.2, 0) is 0 Å². The molecule has 2 nitrogen and oxygen atoms in total. The van der Waals surface area contributed by atoms with E-state index in [0.717, 1.165) is 0 Å². The zero-order valence-electron chi connectivity index (χ0n) is 10.8. The normalized spacial score (nSPS) is 13.9. The van der Waals surface area contributed by atoms with Crippen LogP contribution in [-0.4, -0.2) is 45.8 Å². The number of rotatable bonds is 4. The predicted molar refractivity (Wildman–Crippen MR) is 73.8 cm³/mol. The van der Waals surface area contributed by atoms with Crippen molar-refractivity contribution in [2.24, 2.45) is 0 Å². The topological polar surface area (TPSA) is 6.48 Å². The molecule has 0 aliphatic rings. The van der Waals surface area contributed by atoms with E-state index in [9.17, 15) is 0 Å². The summed E-state index contributed by atoms with van der Waals surface area (Å²) < 4.78 is 2.58. The van der Waals surface area contributed by atoms with Gasteiger partial charge in [-0.15, -0.1) is 11.1 Å². The molecule has 0 rings (SSSR count). The summed E-state index contributed by atoms with van der Waals surface area (Å²) in [4.78, 5) is 2.25. The molecule has 0 aliphatic carbocycles. The highest BCUT2D eigenvalue weighted by atomic mass is 35.6. The molecule has 0 saturated carbocycles. The summed E-state index contributed by atoms with van der Waals surface area (Å²) in [6, 6.07) is 0. The molecule has 0 aromatic heterocycles. The molecule has 0 aromatic carbocycles. The highest BCUT2D eigenvalue weighted by Crippen LogP contribution is 2.24. The molecule has 0 atom stereocenters. The third-order valence-electron chi connectivity index (χ3n) is 2.42. The van der Waals surface area contributed by atoms with E-state index in [1.807, 2.05) is 0 Å². The average Bonchev–Trinajstić information content (AvgIpc) is 1.79. The van der Waals surface area contributed by atoms with E-state index in [1.54, 1.807) is 0 Å². The molecule has 84 valence electrons. The van der Waals surface area contributed by atoms with Gasteiger partial charge < -0.3 is 8.95 Å². The highest BCUT2D eigenvalue weighted by Gasteiger charge is 2.41. The lowest BCUT2D eigenvalue weighted by atomic mass is 9.81. The van der Waals surface area contributed by atoms with Crippen molar-refractivity contribution in [2.45, 2.75) is 39.6 Å². The third kappa shape index (κ3) is 4.06. The Morgan fingerprint density at radius 1 is 1.00 bits per heavy atom. The summed E-state index contributed by atoms with van der Waals surface area (Å²) >= 11 is 6.60. The second-order valence-electron chi connectivity index (χ2n) is 5.55. The van der Waals surface area contributed by atoms with Gasteiger partial charge in [0.25, 0.3) is 6.98 Å². The maximum Gasteiger partial charge on any atom is 0.294 e. The lowest BCUT2D eigenvalue weighted by Gasteiger charge is -2.46. The standard InChI is InChI=1S/C8H24BClN2Si2/c1-9(11(2)3)12(13(4,5)6)14(7,8)10/h1-8H3. The Labute approximate surface area is 96.6 Å². The van der Waals surface area contributed by atoms with Crippen molar-refractivity contribution in [3.05, 3.63) is 0 Å². The highest BCUT2D eigenvalue weighted by molar-refractivity contribution is 7.23. The lowest BCUT2D eigenvalue weighted by Crippen LogP contribution is -2.67. The molecule has 0 radical (unpaired) electrons. The molecule has 0 bridgehead atoms. The molecule has 0 saturated heterocycles. The van der Waals surface area contributed by atoms with Crippen molar-refractivity contribution in [1.82, 2.24) is 8.95 Å². The summed E-state index contributed by atoms with van der Waals surface area (Å²) in [5, 5.41) is 0. The predicted octanol–water partition coefficient (Wildman–Crippen LogP) is 2.74. The average molecular weight is 251 g/mol. The molecule has 0 fully saturated rings. The van der Waals surface area contributed by atoms with Gasteiger partial charge in [-0.3, -0.25) is 0 Å². The fourth-order valence-electron chi connectivity index (χ4n) is 2.03. The van der Waals surface area contributed by atoms with E-state index in [1.165, 1.54) is 0 Å². The number of hydrogen-bond donors (Lipinski definition) is 0. The van der Waals surface area contributed by atoms with E-state index in [2.05, 4.69) is 62.6 Å². The van der Waals surface area contributed by atoms with Crippen LogP contribution in [0.15, 0.2) is 0 Å². The molecule has 0 unspecified atom stereocenters. The SMILES string of the molecule is CB(N(C)C)N([Si](C)(C)C)[Si](C)(C)Cl. The van der Waals surface area contributed by atoms with Crippen LogP contribution in [0.2, 0.25) is 39.6 Å². The maximum atomic E-state index is 6.60. The van der Waals surface area contributed by atoms with E-state index in [0.29, 0.717) is 6.98 Å². The zero-order chi connectivity index (χ0) is 11.7. The van der Waals surface area contributed by atoms with Crippen molar-refractivity contribution in [2.75, 3.05) is 14.1 Å². The van der Waals surface area contributed by atoms with Crippen molar-refractivity contribution in [1.29, 1.82) is 0 Å². The van der Waals surface area contributed by atoms with Gasteiger partial charge in [-0.2, -0.15) is 0 Å². The van der Waals surface area contributed by atoms with Crippen LogP contribution in [0.1, 0.15) is 0 Å². The first-order valence-electron chi connectivity index (χ1n) is 5.12. The van der Waals surface area contributed by atoms with Crippen LogP contribution in [0, 0.1) is 0 Å². The van der Waals surface area contributed by atoms with Crippen molar-refractivity contribution >= 4 is 33.8 Å². The number of hydrogen-bond acceptors (Lipinski definition) is 2. The molecule has 0 amide bonds. The van der Waals surface area contributed by atoms with Crippen LogP contribution in [0.5, 0.6) is 0 Å². The lowest BCUT2D eigenvalue weighted by molar-refractivity contribution is 0.604. The van der Waals surface area contributed by atoms with Crippen LogP contribution in [0.4, 0.5) is 0 Å². The summed E-state index contributed by atoms with van der Waals surface area (Å²) in [6.45, 7) is 14.2. The Morgan fingerprint density at radius 3 is 1.43 bits per heavy atom. The van der Waals surface area contributed by atoms with E-state index in [-0.39, 0.29) is 0 Å². The summed E-state index contributed by atoms with van der Waals surface area (Å²) in [5.41, 5.74) is 0. The molecule has 0 N–H and O–H groups in total. The molecular weight excluding hydrogens is 227 g/mol. The van der Waals surface area contributed by atoms with E-state index < -0.39 is 15.8 Å². The zero-order valence-corrected chi connectivity index (χ0v) is 13.6. The smallest absolute Gasteiger partial charge is 0.294 e. The maximum absolute atomic E-state index is 6.60. The minimum Gasteiger partial charge on any atom is -0.362 e. The number of halogens is 1. The van der Waals surface area contributed by atoms with Crippen LogP contribution in [0.3, 0.4) is 0 Å². The largest absolute Gasteiger partial charge is 0.362 e. The fraction of sp³-hybridized carbons (Fsp3) is 1.00. The van der Waals surface area contributed by atoms with Gasteiger partial charge in [-0.1, -0.05) is 26.5 Å². The quantitative estimate of drug-likeness (QED) is 0.559. The minimum atomic E-state index is -1.72. The van der Waals surface area contributed by atoms with Crippen molar-refractivity contribution < 1.29 is 0 Å².